The van der Waals surface area contributed by atoms with E-state index in [1.165, 1.54) is 16.5 Å². The van der Waals surface area contributed by atoms with Crippen LogP contribution in [0.15, 0.2) is 30.5 Å². The van der Waals surface area contributed by atoms with Gasteiger partial charge >= 0.3 is 0 Å². The Bertz CT molecular complexity index is 662. The first-order valence-corrected chi connectivity index (χ1v) is 8.85. The molecule has 3 rings (SSSR count). The van der Waals surface area contributed by atoms with Crippen molar-refractivity contribution < 1.29 is 4.79 Å². The van der Waals surface area contributed by atoms with Crippen molar-refractivity contribution in [1.82, 2.24) is 14.8 Å². The van der Waals surface area contributed by atoms with Crippen molar-refractivity contribution in [2.75, 3.05) is 19.6 Å². The lowest BCUT2D eigenvalue weighted by Crippen LogP contribution is -2.28. The van der Waals surface area contributed by atoms with E-state index in [4.69, 9.17) is 0 Å². The number of para-hydroxylation sites is 1. The highest BCUT2D eigenvalue weighted by Crippen LogP contribution is 2.21. The maximum Gasteiger partial charge on any atom is 0.222 e. The molecule has 124 valence electrons. The Morgan fingerprint density at radius 3 is 2.87 bits per heavy atom. The number of hydrogen-bond acceptors (Lipinski definition) is 2. The molecule has 0 bridgehead atoms. The molecule has 0 spiro atoms. The van der Waals surface area contributed by atoms with E-state index in [2.05, 4.69) is 47.3 Å². The Balaban J connectivity index is 1.52. The molecule has 2 aromatic rings. The summed E-state index contributed by atoms with van der Waals surface area (Å²) in [6, 6.07) is 8.63. The molecule has 4 nitrogen and oxygen atoms in total. The zero-order valence-electron chi connectivity index (χ0n) is 14.1. The Kier molecular flexibility index (Phi) is 5.34. The number of aryl methyl sites for hydroxylation is 1. The van der Waals surface area contributed by atoms with Crippen molar-refractivity contribution in [2.45, 2.75) is 45.7 Å². The number of carbonyl (C=O) groups excluding carboxylic acids is 1. The van der Waals surface area contributed by atoms with Crippen LogP contribution in [0.5, 0.6) is 0 Å². The third-order valence-electron chi connectivity index (χ3n) is 4.60. The van der Waals surface area contributed by atoms with Gasteiger partial charge in [0.2, 0.25) is 5.91 Å². The number of fused-ring (bicyclic) bond motifs is 1. The molecule has 1 N–H and O–H groups in total. The van der Waals surface area contributed by atoms with Crippen molar-refractivity contribution in [1.29, 1.82) is 0 Å². The quantitative estimate of drug-likeness (QED) is 0.760. The second kappa shape index (κ2) is 7.64. The zero-order valence-corrected chi connectivity index (χ0v) is 14.1. The van der Waals surface area contributed by atoms with Crippen LogP contribution in [0, 0.1) is 0 Å². The Hall–Kier alpha value is -1.81. The summed E-state index contributed by atoms with van der Waals surface area (Å²) in [6.45, 7) is 6.97. The second-order valence-electron chi connectivity index (χ2n) is 6.38. The second-order valence-corrected chi connectivity index (χ2v) is 6.38. The van der Waals surface area contributed by atoms with Crippen LogP contribution in [0.3, 0.4) is 0 Å². The standard InChI is InChI=1S/C19H27N3O/c1-2-11-22-15-16(17-7-3-4-8-18(17)22)14-20-10-6-13-21-12-5-9-19(21)23/h3-4,7-8,15,20H,2,5-6,9-14H2,1H3. The van der Waals surface area contributed by atoms with Gasteiger partial charge in [0.05, 0.1) is 0 Å². The number of nitrogens with zero attached hydrogens (tertiary/aromatic N) is 2. The van der Waals surface area contributed by atoms with E-state index in [9.17, 15) is 4.79 Å². The van der Waals surface area contributed by atoms with E-state index >= 15 is 0 Å². The van der Waals surface area contributed by atoms with E-state index in [0.29, 0.717) is 5.91 Å². The molecule has 0 radical (unpaired) electrons. The summed E-state index contributed by atoms with van der Waals surface area (Å²) in [7, 11) is 0. The maximum absolute atomic E-state index is 11.6. The van der Waals surface area contributed by atoms with Gasteiger partial charge in [-0.3, -0.25) is 4.79 Å². The first-order valence-electron chi connectivity index (χ1n) is 8.85. The molecule has 0 saturated carbocycles. The van der Waals surface area contributed by atoms with Crippen LogP contribution in [0.2, 0.25) is 0 Å². The molecule has 1 saturated heterocycles. The Morgan fingerprint density at radius 2 is 2.09 bits per heavy atom. The normalized spacial score (nSPS) is 15.0. The molecule has 1 aliphatic rings. The molecule has 1 fully saturated rings. The number of hydrogen-bond donors (Lipinski definition) is 1. The molecule has 4 heteroatoms. The predicted molar refractivity (Wildman–Crippen MR) is 94.4 cm³/mol. The van der Waals surface area contributed by atoms with E-state index in [1.807, 2.05) is 4.90 Å². The number of rotatable bonds is 8. The van der Waals surface area contributed by atoms with Crippen LogP contribution in [0.4, 0.5) is 0 Å². The number of aromatic nitrogens is 1. The van der Waals surface area contributed by atoms with Gasteiger partial charge in [0.1, 0.15) is 0 Å². The summed E-state index contributed by atoms with van der Waals surface area (Å²) in [6.07, 6.45) is 6.23. The van der Waals surface area contributed by atoms with Crippen LogP contribution < -0.4 is 5.32 Å². The number of likely N-dealkylation sites (tertiary alicyclic amines) is 1. The molecule has 1 amide bonds. The molecular weight excluding hydrogens is 286 g/mol. The summed E-state index contributed by atoms with van der Waals surface area (Å²) in [5, 5.41) is 4.89. The summed E-state index contributed by atoms with van der Waals surface area (Å²) in [5.41, 5.74) is 2.69. The number of benzene rings is 1. The van der Waals surface area contributed by atoms with Crippen molar-refractivity contribution >= 4 is 16.8 Å². The fraction of sp³-hybridized carbons (Fsp3) is 0.526. The van der Waals surface area contributed by atoms with Crippen LogP contribution in [-0.4, -0.2) is 35.0 Å². The molecular formula is C19H27N3O. The van der Waals surface area contributed by atoms with Gasteiger partial charge in [-0.15, -0.1) is 0 Å². The van der Waals surface area contributed by atoms with E-state index in [0.717, 1.165) is 58.4 Å². The topological polar surface area (TPSA) is 37.3 Å². The van der Waals surface area contributed by atoms with E-state index < -0.39 is 0 Å². The zero-order chi connectivity index (χ0) is 16.1. The largest absolute Gasteiger partial charge is 0.347 e. The van der Waals surface area contributed by atoms with Crippen molar-refractivity contribution in [3.8, 4) is 0 Å². The number of nitrogens with one attached hydrogen (secondary N) is 1. The van der Waals surface area contributed by atoms with E-state index in [-0.39, 0.29) is 0 Å². The van der Waals surface area contributed by atoms with Crippen molar-refractivity contribution in [2.24, 2.45) is 0 Å². The molecule has 0 unspecified atom stereocenters. The molecule has 1 aliphatic heterocycles. The Morgan fingerprint density at radius 1 is 1.22 bits per heavy atom. The number of amides is 1. The highest BCUT2D eigenvalue weighted by Gasteiger charge is 2.18. The first-order chi connectivity index (χ1) is 11.3. The Labute approximate surface area is 138 Å². The fourth-order valence-corrected chi connectivity index (χ4v) is 3.45. The average Bonchev–Trinajstić information content (AvgIpc) is 3.12. The van der Waals surface area contributed by atoms with Gasteiger partial charge in [-0.1, -0.05) is 25.1 Å². The monoisotopic (exact) mass is 313 g/mol. The molecule has 1 aromatic carbocycles. The van der Waals surface area contributed by atoms with Crippen LogP contribution in [0.1, 0.15) is 38.2 Å². The fourth-order valence-electron chi connectivity index (χ4n) is 3.45. The van der Waals surface area contributed by atoms with Gasteiger partial charge in [0, 0.05) is 49.7 Å². The number of carbonyl (C=O) groups is 1. The van der Waals surface area contributed by atoms with Crippen molar-refractivity contribution in [3.05, 3.63) is 36.0 Å². The summed E-state index contributed by atoms with van der Waals surface area (Å²) in [4.78, 5) is 13.6. The van der Waals surface area contributed by atoms with Gasteiger partial charge < -0.3 is 14.8 Å². The first kappa shape index (κ1) is 16.1. The summed E-state index contributed by atoms with van der Waals surface area (Å²) < 4.78 is 2.36. The average molecular weight is 313 g/mol. The third-order valence-corrected chi connectivity index (χ3v) is 4.60. The van der Waals surface area contributed by atoms with Crippen LogP contribution >= 0.6 is 0 Å². The maximum atomic E-state index is 11.6. The lowest BCUT2D eigenvalue weighted by atomic mass is 10.2. The van der Waals surface area contributed by atoms with Gasteiger partial charge in [-0.05, 0) is 37.4 Å². The molecule has 2 heterocycles. The highest BCUT2D eigenvalue weighted by molar-refractivity contribution is 5.83. The molecule has 0 atom stereocenters. The third kappa shape index (κ3) is 3.75. The van der Waals surface area contributed by atoms with Crippen molar-refractivity contribution in [3.63, 3.8) is 0 Å². The highest BCUT2D eigenvalue weighted by atomic mass is 16.2. The van der Waals surface area contributed by atoms with Gasteiger partial charge in [0.15, 0.2) is 0 Å². The smallest absolute Gasteiger partial charge is 0.222 e. The van der Waals surface area contributed by atoms with E-state index in [1.54, 1.807) is 0 Å². The minimum absolute atomic E-state index is 0.327. The van der Waals surface area contributed by atoms with Gasteiger partial charge in [-0.25, -0.2) is 0 Å². The molecule has 1 aromatic heterocycles. The molecule has 0 aliphatic carbocycles. The van der Waals surface area contributed by atoms with Crippen LogP contribution in [0.25, 0.3) is 10.9 Å². The van der Waals surface area contributed by atoms with Gasteiger partial charge in [0.25, 0.3) is 0 Å². The lowest BCUT2D eigenvalue weighted by Gasteiger charge is -2.15. The molecule has 23 heavy (non-hydrogen) atoms. The SMILES string of the molecule is CCCn1cc(CNCCCN2CCCC2=O)c2ccccc21. The summed E-state index contributed by atoms with van der Waals surface area (Å²) in [5.74, 6) is 0.327. The predicted octanol–water partition coefficient (Wildman–Crippen LogP) is 3.15. The lowest BCUT2D eigenvalue weighted by molar-refractivity contribution is -0.127. The van der Waals surface area contributed by atoms with Crippen LogP contribution in [-0.2, 0) is 17.9 Å². The van der Waals surface area contributed by atoms with Gasteiger partial charge in [-0.2, -0.15) is 0 Å². The summed E-state index contributed by atoms with van der Waals surface area (Å²) >= 11 is 0. The minimum atomic E-state index is 0.327. The minimum Gasteiger partial charge on any atom is -0.347 e.